The van der Waals surface area contributed by atoms with Crippen LogP contribution in [0.5, 0.6) is 0 Å². The predicted molar refractivity (Wildman–Crippen MR) is 281 cm³/mol. The molecule has 3 aromatic rings. The van der Waals surface area contributed by atoms with Gasteiger partial charge in [-0.25, -0.2) is 4.39 Å². The van der Waals surface area contributed by atoms with Crippen molar-refractivity contribution in [3.05, 3.63) is 174 Å². The van der Waals surface area contributed by atoms with E-state index in [1.807, 2.05) is 87.5 Å². The fourth-order valence-electron chi connectivity index (χ4n) is 10.1. The van der Waals surface area contributed by atoms with Gasteiger partial charge in [0.2, 0.25) is 29.5 Å². The molecule has 3 saturated heterocycles. The molecule has 0 spiro atoms. The van der Waals surface area contributed by atoms with E-state index in [2.05, 4.69) is 34.0 Å². The number of carbonyl (C=O) groups is 6. The summed E-state index contributed by atoms with van der Waals surface area (Å²) in [6.45, 7) is 16.8. The summed E-state index contributed by atoms with van der Waals surface area (Å²) in [5.41, 5.74) is 4.92. The fourth-order valence-corrected chi connectivity index (χ4v) is 10.1. The van der Waals surface area contributed by atoms with Crippen LogP contribution in [0, 0.1) is 5.82 Å². The first-order valence-electron chi connectivity index (χ1n) is 25.5. The van der Waals surface area contributed by atoms with Crippen LogP contribution in [0.1, 0.15) is 121 Å². The molecule has 3 N–H and O–H groups in total. The molecule has 0 radical (unpaired) electrons. The maximum atomic E-state index is 14.3. The Hall–Kier alpha value is -7.15. The van der Waals surface area contributed by atoms with E-state index in [-0.39, 0.29) is 59.6 Å². The molecule has 3 aliphatic heterocycles. The number of carbonyl (C=O) groups excluding carboxylic acids is 6. The summed E-state index contributed by atoms with van der Waals surface area (Å²) in [7, 11) is 0. The Kier molecular flexibility index (Phi) is 19.8. The minimum Gasteiger partial charge on any atom is -0.357 e. The molecule has 5 amide bonds. The van der Waals surface area contributed by atoms with Crippen molar-refractivity contribution in [1.82, 2.24) is 25.8 Å². The third kappa shape index (κ3) is 13.8. The van der Waals surface area contributed by atoms with E-state index in [1.165, 1.54) is 12.1 Å². The number of likely N-dealkylation sites (tertiary alicyclic amines) is 2. The van der Waals surface area contributed by atoms with Crippen LogP contribution in [-0.2, 0) is 28.8 Å². The number of nitrogens with zero attached hydrogens (tertiary/aromatic N) is 3. The van der Waals surface area contributed by atoms with E-state index in [0.29, 0.717) is 87.8 Å². The van der Waals surface area contributed by atoms with E-state index in [9.17, 15) is 33.2 Å². The number of hydrogen-bond donors (Lipinski definition) is 3. The van der Waals surface area contributed by atoms with Crippen molar-refractivity contribution in [3.63, 3.8) is 0 Å². The van der Waals surface area contributed by atoms with Gasteiger partial charge in [0.1, 0.15) is 29.7 Å². The Bertz CT molecular complexity index is 2550. The molecule has 6 rings (SSSR count). The number of halogens is 1. The molecule has 3 fully saturated rings. The Labute approximate surface area is 424 Å². The highest BCUT2D eigenvalue weighted by Gasteiger charge is 2.40. The number of ketones is 1. The Balaban J connectivity index is 1.11. The van der Waals surface area contributed by atoms with Gasteiger partial charge < -0.3 is 30.7 Å². The third-order valence-electron chi connectivity index (χ3n) is 14.0. The second-order valence-electron chi connectivity index (χ2n) is 18.7. The van der Waals surface area contributed by atoms with Crippen LogP contribution in [0.25, 0.3) is 0 Å². The largest absolute Gasteiger partial charge is 0.357 e. The average molecular weight is 979 g/mol. The van der Waals surface area contributed by atoms with Crippen LogP contribution < -0.4 is 20.9 Å². The Morgan fingerprint density at radius 2 is 1.26 bits per heavy atom. The first-order valence-corrected chi connectivity index (χ1v) is 25.5. The van der Waals surface area contributed by atoms with Gasteiger partial charge in [-0.2, -0.15) is 0 Å². The molecule has 6 unspecified atom stereocenters. The molecule has 13 heteroatoms. The lowest BCUT2D eigenvalue weighted by Crippen LogP contribution is -2.49. The molecule has 3 aliphatic rings. The van der Waals surface area contributed by atoms with E-state index in [1.54, 1.807) is 59.2 Å². The van der Waals surface area contributed by atoms with E-state index >= 15 is 0 Å². The first kappa shape index (κ1) is 54.2. The Morgan fingerprint density at radius 3 is 1.86 bits per heavy atom. The van der Waals surface area contributed by atoms with Crippen LogP contribution in [0.15, 0.2) is 157 Å². The lowest BCUT2D eigenvalue weighted by atomic mass is 9.91. The van der Waals surface area contributed by atoms with Crippen molar-refractivity contribution >= 4 is 41.0 Å². The molecule has 0 saturated carbocycles. The monoisotopic (exact) mass is 979 g/mol. The van der Waals surface area contributed by atoms with Gasteiger partial charge in [0.25, 0.3) is 0 Å². The van der Waals surface area contributed by atoms with Gasteiger partial charge in [-0.1, -0.05) is 112 Å². The van der Waals surface area contributed by atoms with Crippen LogP contribution in [0.4, 0.5) is 10.1 Å². The van der Waals surface area contributed by atoms with Crippen LogP contribution in [-0.4, -0.2) is 82.4 Å². The highest BCUT2D eigenvalue weighted by atomic mass is 19.1. The van der Waals surface area contributed by atoms with Crippen molar-refractivity contribution in [1.29, 1.82) is 0 Å². The average Bonchev–Trinajstić information content (AvgIpc) is 4.20. The topological polar surface area (TPSA) is 148 Å². The molecular formula is C59H71FN6O6. The molecule has 0 aliphatic carbocycles. The minimum atomic E-state index is -0.916. The number of anilines is 1. The molecule has 12 nitrogen and oxygen atoms in total. The molecule has 3 aromatic carbocycles. The summed E-state index contributed by atoms with van der Waals surface area (Å²) >= 11 is 0. The molecule has 380 valence electrons. The maximum absolute atomic E-state index is 14.3. The summed E-state index contributed by atoms with van der Waals surface area (Å²) in [5, 5.41) is 8.82. The lowest BCUT2D eigenvalue weighted by molar-refractivity contribution is -0.141. The lowest BCUT2D eigenvalue weighted by Gasteiger charge is -2.34. The Morgan fingerprint density at radius 1 is 0.667 bits per heavy atom. The SMILES string of the molecule is C=C(C=CC(=CC)C1CCC(C(=C)C=CC(=CC)NC(=O)C2CCCN2C(=O)C(NC(=O)CC)c2ccccc2)N1c1ccc(F)cc1)NC(=O)C1CCCN1C(=O)C(CCCC(=O)CC)c1ccccc1. The van der Waals surface area contributed by atoms with Crippen LogP contribution in [0.3, 0.4) is 0 Å². The molecule has 0 aromatic heterocycles. The van der Waals surface area contributed by atoms with Crippen molar-refractivity contribution in [2.75, 3.05) is 18.0 Å². The van der Waals surface area contributed by atoms with Crippen molar-refractivity contribution < 1.29 is 33.2 Å². The molecule has 3 heterocycles. The minimum absolute atomic E-state index is 0.113. The second-order valence-corrected chi connectivity index (χ2v) is 18.7. The van der Waals surface area contributed by atoms with Gasteiger partial charge in [0.15, 0.2) is 0 Å². The number of nitrogens with one attached hydrogen (secondary N) is 3. The summed E-state index contributed by atoms with van der Waals surface area (Å²) in [4.78, 5) is 86.0. The van der Waals surface area contributed by atoms with E-state index in [0.717, 1.165) is 28.8 Å². The predicted octanol–water partition coefficient (Wildman–Crippen LogP) is 9.61. The zero-order valence-electron chi connectivity index (χ0n) is 42.3. The van der Waals surface area contributed by atoms with Gasteiger partial charge in [0, 0.05) is 49.4 Å². The van der Waals surface area contributed by atoms with E-state index < -0.39 is 24.0 Å². The summed E-state index contributed by atoms with van der Waals surface area (Å²) < 4.78 is 14.3. The zero-order chi connectivity index (χ0) is 51.7. The quantitative estimate of drug-likeness (QED) is 0.0850. The molecule has 72 heavy (non-hydrogen) atoms. The normalized spacial score (nSPS) is 20.2. The van der Waals surface area contributed by atoms with Crippen LogP contribution >= 0.6 is 0 Å². The van der Waals surface area contributed by atoms with Crippen molar-refractivity contribution in [3.8, 4) is 0 Å². The van der Waals surface area contributed by atoms with Gasteiger partial charge in [-0.3, -0.25) is 28.8 Å². The smallest absolute Gasteiger partial charge is 0.250 e. The summed E-state index contributed by atoms with van der Waals surface area (Å²) in [5.74, 6) is -2.00. The molecular weight excluding hydrogens is 908 g/mol. The summed E-state index contributed by atoms with van der Waals surface area (Å²) in [6, 6.07) is 22.3. The molecule has 0 bridgehead atoms. The van der Waals surface area contributed by atoms with Gasteiger partial charge in [-0.15, -0.1) is 0 Å². The maximum Gasteiger partial charge on any atom is 0.250 e. The summed E-state index contributed by atoms with van der Waals surface area (Å²) in [6.07, 6.45) is 17.1. The zero-order valence-corrected chi connectivity index (χ0v) is 42.3. The van der Waals surface area contributed by atoms with Gasteiger partial charge in [-0.05, 0) is 124 Å². The first-order chi connectivity index (χ1) is 34.8. The number of benzene rings is 3. The van der Waals surface area contributed by atoms with Gasteiger partial charge >= 0.3 is 0 Å². The van der Waals surface area contributed by atoms with Crippen molar-refractivity contribution in [2.24, 2.45) is 0 Å². The third-order valence-corrected chi connectivity index (χ3v) is 14.0. The molecule has 6 atom stereocenters. The van der Waals surface area contributed by atoms with Crippen LogP contribution in [0.2, 0.25) is 0 Å². The highest BCUT2D eigenvalue weighted by molar-refractivity contribution is 5.94. The van der Waals surface area contributed by atoms with Gasteiger partial charge in [0.05, 0.1) is 18.0 Å². The highest BCUT2D eigenvalue weighted by Crippen LogP contribution is 2.38. The standard InChI is InChI=1S/C59H71FN6O6/c1-7-42(30-29-41(6)61-56(69)52-26-18-38-64(52)58(71)49(25-17-24-48(67)9-3)43-20-13-11-14-21-43)51-37-36-50(66(51)47-34-31-45(60)32-35-47)40(5)28-33-46(8-2)62-57(70)53-27-19-39-65(53)59(72)55(63-54(68)10-4)44-22-15-12-16-23-44/h7-8,11-16,20-23,28-35,49-53,55H,5-6,9-10,17-19,24-27,36-39H2,1-4H3,(H,61,69)(H,62,70)(H,63,68). The fraction of sp³-hybridized carbons (Fsp3) is 0.390. The number of amides is 5. The number of allylic oxidation sites excluding steroid dienone is 4. The van der Waals surface area contributed by atoms with E-state index in [4.69, 9.17) is 0 Å². The number of Topliss-reactive ketones (excluding diaryl/α,β-unsaturated/α-hetero) is 1. The number of rotatable bonds is 22. The number of hydrogen-bond acceptors (Lipinski definition) is 7. The van der Waals surface area contributed by atoms with Crippen molar-refractivity contribution in [2.45, 2.75) is 134 Å². The second kappa shape index (κ2) is 26.3.